The van der Waals surface area contributed by atoms with Crippen molar-refractivity contribution in [1.29, 1.82) is 0 Å². The Morgan fingerprint density at radius 1 is 1.19 bits per heavy atom. The van der Waals surface area contributed by atoms with Gasteiger partial charge in [-0.05, 0) is 50.1 Å². The average molecular weight is 457 g/mol. The minimum absolute atomic E-state index is 0.142. The molecule has 3 aromatic rings. The number of thioether (sulfide) groups is 1. The van der Waals surface area contributed by atoms with E-state index in [1.807, 2.05) is 43.5 Å². The monoisotopic (exact) mass is 456 g/mol. The molecule has 0 atom stereocenters. The molecule has 1 amide bonds. The predicted octanol–water partition coefficient (Wildman–Crippen LogP) is 5.35. The summed E-state index contributed by atoms with van der Waals surface area (Å²) in [6, 6.07) is 11.4. The van der Waals surface area contributed by atoms with Crippen LogP contribution in [-0.4, -0.2) is 26.4 Å². The van der Waals surface area contributed by atoms with Crippen LogP contribution in [0.2, 0.25) is 5.02 Å². The number of benzene rings is 2. The van der Waals surface area contributed by atoms with Crippen molar-refractivity contribution in [2.24, 2.45) is 0 Å². The number of anilines is 1. The molecule has 0 radical (unpaired) electrons. The molecule has 162 valence electrons. The summed E-state index contributed by atoms with van der Waals surface area (Å²) in [5, 5.41) is 12.6. The lowest BCUT2D eigenvalue weighted by molar-refractivity contribution is -0.113. The van der Waals surface area contributed by atoms with Crippen LogP contribution >= 0.6 is 23.4 Å². The van der Waals surface area contributed by atoms with Gasteiger partial charge < -0.3 is 10.1 Å². The fourth-order valence-corrected chi connectivity index (χ4v) is 3.93. The first kappa shape index (κ1) is 22.9. The van der Waals surface area contributed by atoms with E-state index in [4.69, 9.17) is 16.3 Å². The van der Waals surface area contributed by atoms with Gasteiger partial charge in [-0.25, -0.2) is 0 Å². The highest BCUT2D eigenvalue weighted by Gasteiger charge is 2.15. The minimum atomic E-state index is -0.142. The Kier molecular flexibility index (Phi) is 7.76. The molecular formula is C23H25ClN4O2S. The van der Waals surface area contributed by atoms with Crippen molar-refractivity contribution in [3.63, 3.8) is 0 Å². The molecule has 8 heteroatoms. The molecule has 31 heavy (non-hydrogen) atoms. The molecule has 0 spiro atoms. The van der Waals surface area contributed by atoms with Crippen molar-refractivity contribution in [2.75, 3.05) is 11.1 Å². The molecule has 3 rings (SSSR count). The minimum Gasteiger partial charge on any atom is -0.485 e. The van der Waals surface area contributed by atoms with Crippen LogP contribution in [0.4, 0.5) is 5.69 Å². The third-order valence-electron chi connectivity index (χ3n) is 4.60. The van der Waals surface area contributed by atoms with Gasteiger partial charge in [0.05, 0.1) is 5.75 Å². The number of rotatable bonds is 9. The Bertz CT molecular complexity index is 1100. The number of hydrogen-bond donors (Lipinski definition) is 1. The molecule has 0 aliphatic rings. The van der Waals surface area contributed by atoms with Gasteiger partial charge in [0.25, 0.3) is 0 Å². The number of amides is 1. The van der Waals surface area contributed by atoms with E-state index in [0.717, 1.165) is 16.9 Å². The van der Waals surface area contributed by atoms with Gasteiger partial charge in [-0.1, -0.05) is 53.2 Å². The van der Waals surface area contributed by atoms with Crippen LogP contribution in [-0.2, 0) is 17.9 Å². The zero-order valence-electron chi connectivity index (χ0n) is 17.8. The van der Waals surface area contributed by atoms with Gasteiger partial charge in [0, 0.05) is 17.3 Å². The van der Waals surface area contributed by atoms with Crippen LogP contribution in [0.15, 0.2) is 54.2 Å². The lowest BCUT2D eigenvalue weighted by Crippen LogP contribution is -2.15. The highest BCUT2D eigenvalue weighted by atomic mass is 35.5. The van der Waals surface area contributed by atoms with Crippen LogP contribution in [0.25, 0.3) is 0 Å². The quantitative estimate of drug-likeness (QED) is 0.347. The number of carbonyl (C=O) groups excluding carboxylic acids is 1. The number of allylic oxidation sites excluding steroid dienone is 1. The van der Waals surface area contributed by atoms with Crippen LogP contribution in [0, 0.1) is 20.8 Å². The molecule has 0 fully saturated rings. The predicted molar refractivity (Wildman–Crippen MR) is 126 cm³/mol. The van der Waals surface area contributed by atoms with E-state index in [2.05, 4.69) is 28.2 Å². The van der Waals surface area contributed by atoms with Crippen LogP contribution in [0.1, 0.15) is 22.5 Å². The summed E-state index contributed by atoms with van der Waals surface area (Å²) in [5.41, 5.74) is 3.90. The second-order valence-corrected chi connectivity index (χ2v) is 8.53. The molecule has 0 aliphatic carbocycles. The molecule has 0 bridgehead atoms. The first-order chi connectivity index (χ1) is 14.9. The van der Waals surface area contributed by atoms with Crippen molar-refractivity contribution in [3.05, 3.63) is 76.6 Å². The number of nitrogens with one attached hydrogen (secondary N) is 1. The summed E-state index contributed by atoms with van der Waals surface area (Å²) < 4.78 is 7.85. The van der Waals surface area contributed by atoms with Gasteiger partial charge in [0.2, 0.25) is 5.91 Å². The smallest absolute Gasteiger partial charge is 0.234 e. The van der Waals surface area contributed by atoms with E-state index < -0.39 is 0 Å². The number of halogens is 1. The van der Waals surface area contributed by atoms with E-state index in [1.54, 1.807) is 18.2 Å². The summed E-state index contributed by atoms with van der Waals surface area (Å²) in [7, 11) is 0. The van der Waals surface area contributed by atoms with Crippen molar-refractivity contribution in [2.45, 2.75) is 39.1 Å². The van der Waals surface area contributed by atoms with Crippen molar-refractivity contribution in [1.82, 2.24) is 14.8 Å². The number of carbonyl (C=O) groups is 1. The number of nitrogens with zero attached hydrogens (tertiary/aromatic N) is 3. The zero-order valence-corrected chi connectivity index (χ0v) is 19.4. The maximum atomic E-state index is 12.4. The molecule has 0 saturated heterocycles. The molecule has 0 aliphatic heterocycles. The fraction of sp³-hybridized carbons (Fsp3) is 0.261. The highest BCUT2D eigenvalue weighted by molar-refractivity contribution is 7.99. The molecule has 0 saturated carbocycles. The maximum absolute atomic E-state index is 12.4. The summed E-state index contributed by atoms with van der Waals surface area (Å²) in [6.07, 6.45) is 1.77. The molecule has 1 N–H and O–H groups in total. The maximum Gasteiger partial charge on any atom is 0.234 e. The summed E-state index contributed by atoms with van der Waals surface area (Å²) in [5.74, 6) is 1.54. The van der Waals surface area contributed by atoms with Gasteiger partial charge >= 0.3 is 0 Å². The summed E-state index contributed by atoms with van der Waals surface area (Å²) in [6.45, 7) is 10.6. The van der Waals surface area contributed by atoms with Crippen LogP contribution < -0.4 is 10.1 Å². The van der Waals surface area contributed by atoms with Crippen molar-refractivity contribution < 1.29 is 9.53 Å². The zero-order chi connectivity index (χ0) is 22.4. The third kappa shape index (κ3) is 6.12. The molecule has 1 aromatic heterocycles. The topological polar surface area (TPSA) is 69.0 Å². The van der Waals surface area contributed by atoms with Crippen molar-refractivity contribution >= 4 is 35.0 Å². The molecular weight excluding hydrogens is 432 g/mol. The van der Waals surface area contributed by atoms with Crippen molar-refractivity contribution in [3.8, 4) is 5.75 Å². The number of aromatic nitrogens is 3. The van der Waals surface area contributed by atoms with Gasteiger partial charge in [-0.2, -0.15) is 0 Å². The Morgan fingerprint density at radius 3 is 2.74 bits per heavy atom. The normalized spacial score (nSPS) is 10.7. The Morgan fingerprint density at radius 2 is 2.00 bits per heavy atom. The largest absolute Gasteiger partial charge is 0.485 e. The first-order valence-corrected chi connectivity index (χ1v) is 11.2. The second-order valence-electron chi connectivity index (χ2n) is 7.15. The molecule has 2 aromatic carbocycles. The second kappa shape index (κ2) is 10.5. The summed E-state index contributed by atoms with van der Waals surface area (Å²) >= 11 is 7.34. The lowest BCUT2D eigenvalue weighted by Gasteiger charge is -2.11. The average Bonchev–Trinajstić information content (AvgIpc) is 3.10. The van der Waals surface area contributed by atoms with E-state index in [9.17, 15) is 4.79 Å². The molecule has 0 unspecified atom stereocenters. The van der Waals surface area contributed by atoms with Crippen LogP contribution in [0.3, 0.4) is 0 Å². The van der Waals surface area contributed by atoms with Gasteiger partial charge in [-0.3, -0.25) is 9.36 Å². The van der Waals surface area contributed by atoms with Gasteiger partial charge in [0.15, 0.2) is 11.0 Å². The van der Waals surface area contributed by atoms with Crippen LogP contribution in [0.5, 0.6) is 5.75 Å². The Labute approximate surface area is 191 Å². The Balaban J connectivity index is 1.64. The fourth-order valence-electron chi connectivity index (χ4n) is 2.99. The van der Waals surface area contributed by atoms with E-state index in [1.165, 1.54) is 17.3 Å². The highest BCUT2D eigenvalue weighted by Crippen LogP contribution is 2.23. The number of aryl methyl sites for hydroxylation is 3. The Hall–Kier alpha value is -2.77. The van der Waals surface area contributed by atoms with E-state index >= 15 is 0 Å². The number of hydrogen-bond acceptors (Lipinski definition) is 5. The van der Waals surface area contributed by atoms with Gasteiger partial charge in [0.1, 0.15) is 12.4 Å². The van der Waals surface area contributed by atoms with E-state index in [-0.39, 0.29) is 18.3 Å². The SMILES string of the molecule is C=CCn1c(COc2ccc(C)cc2C)nnc1SCC(=O)Nc1cc(Cl)ccc1C. The lowest BCUT2D eigenvalue weighted by atomic mass is 10.1. The molecule has 1 heterocycles. The van der Waals surface area contributed by atoms with E-state index in [0.29, 0.717) is 28.2 Å². The number of ether oxygens (including phenoxy) is 1. The standard InChI is InChI=1S/C23H25ClN4O2S/c1-5-10-28-21(13-30-20-9-6-15(2)11-17(20)4)26-27-23(28)31-14-22(29)25-19-12-18(24)8-7-16(19)3/h5-9,11-12H,1,10,13-14H2,2-4H3,(H,25,29). The third-order valence-corrected chi connectivity index (χ3v) is 5.80. The molecule has 6 nitrogen and oxygen atoms in total. The first-order valence-electron chi connectivity index (χ1n) is 9.79. The van der Waals surface area contributed by atoms with Gasteiger partial charge in [-0.15, -0.1) is 16.8 Å². The summed E-state index contributed by atoms with van der Waals surface area (Å²) in [4.78, 5) is 12.4.